The first-order chi connectivity index (χ1) is 9.82. The SMILES string of the molecule is O=C1Nc2ccccc2C12NCCC2c1ccccc1. The number of carbonyl (C=O) groups excluding carboxylic acids is 1. The molecule has 3 nitrogen and oxygen atoms in total. The summed E-state index contributed by atoms with van der Waals surface area (Å²) in [5.41, 5.74) is 2.64. The number of fused-ring (bicyclic) bond motifs is 2. The summed E-state index contributed by atoms with van der Waals surface area (Å²) >= 11 is 0. The van der Waals surface area contributed by atoms with E-state index in [-0.39, 0.29) is 11.8 Å². The molecule has 1 saturated heterocycles. The predicted molar refractivity (Wildman–Crippen MR) is 78.6 cm³/mol. The lowest BCUT2D eigenvalue weighted by molar-refractivity contribution is -0.122. The fourth-order valence-corrected chi connectivity index (χ4v) is 3.66. The molecule has 2 N–H and O–H groups in total. The second-order valence-corrected chi connectivity index (χ2v) is 5.49. The van der Waals surface area contributed by atoms with E-state index in [1.54, 1.807) is 0 Å². The van der Waals surface area contributed by atoms with Gasteiger partial charge in [0, 0.05) is 17.2 Å². The van der Waals surface area contributed by atoms with Gasteiger partial charge in [0.2, 0.25) is 5.91 Å². The molecule has 2 unspecified atom stereocenters. The Hall–Kier alpha value is -2.13. The van der Waals surface area contributed by atoms with Gasteiger partial charge in [0.05, 0.1) is 0 Å². The van der Waals surface area contributed by atoms with Crippen LogP contribution in [0.2, 0.25) is 0 Å². The van der Waals surface area contributed by atoms with Crippen molar-refractivity contribution in [2.75, 3.05) is 11.9 Å². The van der Waals surface area contributed by atoms with Crippen LogP contribution in [0, 0.1) is 0 Å². The summed E-state index contributed by atoms with van der Waals surface area (Å²) in [4.78, 5) is 12.7. The molecule has 2 aliphatic rings. The van der Waals surface area contributed by atoms with Crippen molar-refractivity contribution in [3.05, 3.63) is 65.7 Å². The number of para-hydroxylation sites is 1. The van der Waals surface area contributed by atoms with E-state index in [2.05, 4.69) is 28.8 Å². The van der Waals surface area contributed by atoms with Crippen molar-refractivity contribution < 1.29 is 4.79 Å². The highest BCUT2D eigenvalue weighted by Gasteiger charge is 2.55. The number of anilines is 1. The van der Waals surface area contributed by atoms with Crippen LogP contribution in [0.3, 0.4) is 0 Å². The van der Waals surface area contributed by atoms with Gasteiger partial charge in [0.25, 0.3) is 0 Å². The van der Waals surface area contributed by atoms with E-state index in [0.717, 1.165) is 24.2 Å². The highest BCUT2D eigenvalue weighted by Crippen LogP contribution is 2.49. The molecule has 2 heterocycles. The van der Waals surface area contributed by atoms with E-state index >= 15 is 0 Å². The zero-order chi connectivity index (χ0) is 13.6. The van der Waals surface area contributed by atoms with Gasteiger partial charge in [-0.1, -0.05) is 48.5 Å². The van der Waals surface area contributed by atoms with Crippen molar-refractivity contribution in [1.29, 1.82) is 0 Å². The zero-order valence-electron chi connectivity index (χ0n) is 11.1. The van der Waals surface area contributed by atoms with Gasteiger partial charge in [-0.3, -0.25) is 10.1 Å². The summed E-state index contributed by atoms with van der Waals surface area (Å²) < 4.78 is 0. The van der Waals surface area contributed by atoms with E-state index in [0.29, 0.717) is 0 Å². The maximum absolute atomic E-state index is 12.7. The first kappa shape index (κ1) is 11.7. The third-order valence-electron chi connectivity index (χ3n) is 4.52. The number of hydrogen-bond donors (Lipinski definition) is 2. The summed E-state index contributed by atoms with van der Waals surface area (Å²) in [6.07, 6.45) is 0.978. The van der Waals surface area contributed by atoms with Gasteiger partial charge in [0.1, 0.15) is 5.54 Å². The lowest BCUT2D eigenvalue weighted by Crippen LogP contribution is -2.46. The molecule has 0 bridgehead atoms. The van der Waals surface area contributed by atoms with E-state index in [1.165, 1.54) is 5.56 Å². The van der Waals surface area contributed by atoms with Crippen LogP contribution in [0.5, 0.6) is 0 Å². The lowest BCUT2D eigenvalue weighted by Gasteiger charge is -2.30. The number of rotatable bonds is 1. The molecule has 0 aromatic heterocycles. The third kappa shape index (κ3) is 1.41. The molecule has 1 spiro atoms. The highest BCUT2D eigenvalue weighted by molar-refractivity contribution is 6.07. The maximum atomic E-state index is 12.7. The van der Waals surface area contributed by atoms with Crippen molar-refractivity contribution in [3.8, 4) is 0 Å². The minimum absolute atomic E-state index is 0.0741. The second-order valence-electron chi connectivity index (χ2n) is 5.49. The van der Waals surface area contributed by atoms with E-state index in [1.807, 2.05) is 36.4 Å². The molecule has 0 aliphatic carbocycles. The van der Waals surface area contributed by atoms with Crippen LogP contribution in [0.1, 0.15) is 23.5 Å². The topological polar surface area (TPSA) is 41.1 Å². The standard InChI is InChI=1S/C17H16N2O/c20-16-17(14-8-4-5-9-15(14)19-16)13(10-11-18-17)12-6-2-1-3-7-12/h1-9,13,18H,10-11H2,(H,19,20). The van der Waals surface area contributed by atoms with E-state index in [4.69, 9.17) is 0 Å². The summed E-state index contributed by atoms with van der Waals surface area (Å²) in [5.74, 6) is 0.261. The Labute approximate surface area is 118 Å². The largest absolute Gasteiger partial charge is 0.324 e. The maximum Gasteiger partial charge on any atom is 0.250 e. The van der Waals surface area contributed by atoms with Gasteiger partial charge in [-0.2, -0.15) is 0 Å². The summed E-state index contributed by atoms with van der Waals surface area (Å²) in [7, 11) is 0. The quantitative estimate of drug-likeness (QED) is 0.831. The first-order valence-electron chi connectivity index (χ1n) is 7.03. The molecule has 1 fully saturated rings. The fourth-order valence-electron chi connectivity index (χ4n) is 3.66. The highest BCUT2D eigenvalue weighted by atomic mass is 16.2. The van der Waals surface area contributed by atoms with Gasteiger partial charge in [-0.25, -0.2) is 0 Å². The summed E-state index contributed by atoms with van der Waals surface area (Å²) in [5, 5.41) is 6.50. The molecule has 0 radical (unpaired) electrons. The minimum atomic E-state index is -0.599. The number of benzene rings is 2. The van der Waals surface area contributed by atoms with Crippen LogP contribution in [0.4, 0.5) is 5.69 Å². The number of nitrogens with one attached hydrogen (secondary N) is 2. The van der Waals surface area contributed by atoms with Gasteiger partial charge in [-0.15, -0.1) is 0 Å². The molecule has 1 amide bonds. The minimum Gasteiger partial charge on any atom is -0.324 e. The molecule has 2 aliphatic heterocycles. The van der Waals surface area contributed by atoms with Crippen molar-refractivity contribution in [1.82, 2.24) is 5.32 Å². The van der Waals surface area contributed by atoms with Crippen molar-refractivity contribution in [2.24, 2.45) is 0 Å². The molecule has 100 valence electrons. The number of carbonyl (C=O) groups is 1. The Morgan fingerprint density at radius 1 is 1.00 bits per heavy atom. The Kier molecular flexibility index (Phi) is 2.44. The molecule has 20 heavy (non-hydrogen) atoms. The van der Waals surface area contributed by atoms with Gasteiger partial charge in [0.15, 0.2) is 0 Å². The van der Waals surface area contributed by atoms with Crippen LogP contribution in [-0.4, -0.2) is 12.5 Å². The van der Waals surface area contributed by atoms with Gasteiger partial charge in [-0.05, 0) is 24.6 Å². The number of hydrogen-bond acceptors (Lipinski definition) is 2. The van der Waals surface area contributed by atoms with Crippen LogP contribution in [0.25, 0.3) is 0 Å². The normalized spacial score (nSPS) is 27.6. The van der Waals surface area contributed by atoms with Crippen LogP contribution >= 0.6 is 0 Å². The monoisotopic (exact) mass is 264 g/mol. The Morgan fingerprint density at radius 2 is 1.75 bits per heavy atom. The van der Waals surface area contributed by atoms with Crippen molar-refractivity contribution in [2.45, 2.75) is 17.9 Å². The molecule has 4 rings (SSSR count). The van der Waals surface area contributed by atoms with E-state index in [9.17, 15) is 4.79 Å². The predicted octanol–water partition coefficient (Wildman–Crippen LogP) is 2.61. The van der Waals surface area contributed by atoms with Crippen LogP contribution in [-0.2, 0) is 10.3 Å². The Bertz CT molecular complexity index is 668. The molecule has 0 saturated carbocycles. The Morgan fingerprint density at radius 3 is 2.60 bits per heavy atom. The molecule has 2 atom stereocenters. The molecular weight excluding hydrogens is 248 g/mol. The third-order valence-corrected chi connectivity index (χ3v) is 4.52. The van der Waals surface area contributed by atoms with Crippen molar-refractivity contribution >= 4 is 11.6 Å². The molecule has 2 aromatic rings. The van der Waals surface area contributed by atoms with Crippen molar-refractivity contribution in [3.63, 3.8) is 0 Å². The van der Waals surface area contributed by atoms with Crippen LogP contribution in [0.15, 0.2) is 54.6 Å². The molecule has 2 aromatic carbocycles. The van der Waals surface area contributed by atoms with Crippen LogP contribution < -0.4 is 10.6 Å². The summed E-state index contributed by atoms with van der Waals surface area (Å²) in [6.45, 7) is 0.862. The first-order valence-corrected chi connectivity index (χ1v) is 7.03. The van der Waals surface area contributed by atoms with Gasteiger partial charge >= 0.3 is 0 Å². The number of amides is 1. The summed E-state index contributed by atoms with van der Waals surface area (Å²) in [6, 6.07) is 18.3. The average molecular weight is 264 g/mol. The van der Waals surface area contributed by atoms with Gasteiger partial charge < -0.3 is 5.32 Å². The zero-order valence-corrected chi connectivity index (χ0v) is 11.1. The smallest absolute Gasteiger partial charge is 0.250 e. The Balaban J connectivity index is 1.89. The average Bonchev–Trinajstić information content (AvgIpc) is 3.05. The lowest BCUT2D eigenvalue weighted by atomic mass is 9.76. The second kappa shape index (κ2) is 4.18. The van der Waals surface area contributed by atoms with E-state index < -0.39 is 5.54 Å². The molecule has 3 heteroatoms. The molecular formula is C17H16N2O. The fraction of sp³-hybridized carbons (Fsp3) is 0.235.